The molecule has 3 N–H and O–H groups in total. The third-order valence-electron chi connectivity index (χ3n) is 4.80. The fraction of sp³-hybridized carbons (Fsp3) is 0.160. The lowest BCUT2D eigenvalue weighted by Gasteiger charge is -2.12. The Bertz CT molecular complexity index is 1080. The minimum atomic E-state index is -0.857. The van der Waals surface area contributed by atoms with Crippen molar-refractivity contribution in [3.05, 3.63) is 95.6 Å². The van der Waals surface area contributed by atoms with Gasteiger partial charge in [0.2, 0.25) is 0 Å². The molecule has 0 bridgehead atoms. The van der Waals surface area contributed by atoms with E-state index in [2.05, 4.69) is 16.0 Å². The molecule has 0 aromatic heterocycles. The van der Waals surface area contributed by atoms with Crippen LogP contribution in [0.15, 0.2) is 78.9 Å². The number of anilines is 1. The number of hydrogen-bond acceptors (Lipinski definition) is 4. The Balaban J connectivity index is 1.56. The van der Waals surface area contributed by atoms with Gasteiger partial charge in [-0.3, -0.25) is 14.4 Å². The summed E-state index contributed by atoms with van der Waals surface area (Å²) in [5, 5.41) is 7.93. The fourth-order valence-electron chi connectivity index (χ4n) is 3.13. The third kappa shape index (κ3) is 6.18. The number of carbonyl (C=O) groups excluding carboxylic acids is 3. The lowest BCUT2D eigenvalue weighted by atomic mass is 10.1. The Kier molecular flexibility index (Phi) is 7.97. The smallest absolute Gasteiger partial charge is 0.313 e. The first-order valence-corrected chi connectivity index (χ1v) is 10.2. The molecule has 0 radical (unpaired) electrons. The zero-order valence-electron chi connectivity index (χ0n) is 17.8. The summed E-state index contributed by atoms with van der Waals surface area (Å²) >= 11 is 0. The van der Waals surface area contributed by atoms with E-state index >= 15 is 0 Å². The van der Waals surface area contributed by atoms with Crippen molar-refractivity contribution in [2.24, 2.45) is 0 Å². The molecule has 0 saturated carbocycles. The van der Waals surface area contributed by atoms with E-state index in [-0.39, 0.29) is 23.7 Å². The second-order valence-corrected chi connectivity index (χ2v) is 6.99. The van der Waals surface area contributed by atoms with Gasteiger partial charge in [0.15, 0.2) is 0 Å². The Hall–Kier alpha value is -4.13. The minimum absolute atomic E-state index is 0.137. The van der Waals surface area contributed by atoms with Crippen LogP contribution < -0.4 is 20.7 Å². The third-order valence-corrected chi connectivity index (χ3v) is 4.80. The van der Waals surface area contributed by atoms with Gasteiger partial charge in [-0.05, 0) is 30.2 Å². The lowest BCUT2D eigenvalue weighted by Crippen LogP contribution is -2.35. The lowest BCUT2D eigenvalue weighted by molar-refractivity contribution is -0.136. The van der Waals surface area contributed by atoms with Gasteiger partial charge in [0.1, 0.15) is 5.75 Å². The summed E-state index contributed by atoms with van der Waals surface area (Å²) in [4.78, 5) is 37.3. The molecule has 0 aliphatic carbocycles. The molecule has 164 valence electrons. The van der Waals surface area contributed by atoms with Crippen molar-refractivity contribution in [2.45, 2.75) is 13.0 Å². The van der Waals surface area contributed by atoms with Crippen LogP contribution in [-0.4, -0.2) is 31.4 Å². The summed E-state index contributed by atoms with van der Waals surface area (Å²) in [7, 11) is 1.54. The van der Waals surface area contributed by atoms with Gasteiger partial charge in [0, 0.05) is 18.7 Å². The van der Waals surface area contributed by atoms with Crippen molar-refractivity contribution in [3.8, 4) is 5.75 Å². The number of carbonyl (C=O) groups is 3. The first-order chi connectivity index (χ1) is 15.6. The molecule has 0 aliphatic rings. The van der Waals surface area contributed by atoms with Gasteiger partial charge in [0.05, 0.1) is 18.4 Å². The molecule has 0 unspecified atom stereocenters. The van der Waals surface area contributed by atoms with Gasteiger partial charge in [-0.2, -0.15) is 0 Å². The van der Waals surface area contributed by atoms with Crippen molar-refractivity contribution in [3.63, 3.8) is 0 Å². The normalized spacial score (nSPS) is 10.2. The second-order valence-electron chi connectivity index (χ2n) is 6.99. The molecule has 3 aromatic carbocycles. The molecule has 3 rings (SSSR count). The predicted molar refractivity (Wildman–Crippen MR) is 122 cm³/mol. The van der Waals surface area contributed by atoms with Crippen molar-refractivity contribution in [1.82, 2.24) is 10.6 Å². The highest BCUT2D eigenvalue weighted by Gasteiger charge is 2.18. The molecule has 3 aromatic rings. The number of nitrogens with one attached hydrogen (secondary N) is 3. The minimum Gasteiger partial charge on any atom is -0.496 e. The second kappa shape index (κ2) is 11.3. The van der Waals surface area contributed by atoms with Crippen LogP contribution in [-0.2, 0) is 22.6 Å². The number of hydrogen-bond donors (Lipinski definition) is 3. The van der Waals surface area contributed by atoms with Crippen LogP contribution in [0.2, 0.25) is 0 Å². The zero-order chi connectivity index (χ0) is 22.8. The van der Waals surface area contributed by atoms with Crippen LogP contribution in [0.4, 0.5) is 5.69 Å². The maximum Gasteiger partial charge on any atom is 0.313 e. The summed E-state index contributed by atoms with van der Waals surface area (Å²) in [6.07, 6.45) is 0.687. The molecule has 0 aliphatic heterocycles. The molecular weight excluding hydrogens is 406 g/mol. The van der Waals surface area contributed by atoms with E-state index in [1.807, 2.05) is 42.5 Å². The fourth-order valence-corrected chi connectivity index (χ4v) is 3.13. The number of para-hydroxylation sites is 2. The highest BCUT2D eigenvalue weighted by Crippen LogP contribution is 2.17. The summed E-state index contributed by atoms with van der Waals surface area (Å²) in [6.45, 7) is 0.586. The molecule has 0 heterocycles. The zero-order valence-corrected chi connectivity index (χ0v) is 17.8. The number of methoxy groups -OCH3 is 1. The average molecular weight is 431 g/mol. The average Bonchev–Trinajstić information content (AvgIpc) is 2.83. The first kappa shape index (κ1) is 22.6. The van der Waals surface area contributed by atoms with Crippen molar-refractivity contribution < 1.29 is 19.1 Å². The largest absolute Gasteiger partial charge is 0.496 e. The van der Waals surface area contributed by atoms with Crippen molar-refractivity contribution in [1.29, 1.82) is 0 Å². The molecular formula is C25H25N3O4. The summed E-state index contributed by atoms with van der Waals surface area (Å²) in [6, 6.07) is 23.6. The van der Waals surface area contributed by atoms with Crippen molar-refractivity contribution >= 4 is 23.4 Å². The molecule has 32 heavy (non-hydrogen) atoms. The Morgan fingerprint density at radius 2 is 1.47 bits per heavy atom. The van der Waals surface area contributed by atoms with Crippen LogP contribution >= 0.6 is 0 Å². The van der Waals surface area contributed by atoms with Gasteiger partial charge in [0.25, 0.3) is 5.91 Å². The monoisotopic (exact) mass is 431 g/mol. The van der Waals surface area contributed by atoms with Gasteiger partial charge in [-0.15, -0.1) is 0 Å². The van der Waals surface area contributed by atoms with E-state index in [0.29, 0.717) is 18.7 Å². The Morgan fingerprint density at radius 1 is 0.781 bits per heavy atom. The van der Waals surface area contributed by atoms with E-state index in [9.17, 15) is 14.4 Å². The van der Waals surface area contributed by atoms with Gasteiger partial charge in [-0.1, -0.05) is 60.7 Å². The SMILES string of the molecule is COc1ccccc1CNC(=O)C(=O)Nc1ccccc1C(=O)NCCc1ccccc1. The van der Waals surface area contributed by atoms with E-state index in [4.69, 9.17) is 4.74 Å². The van der Waals surface area contributed by atoms with Gasteiger partial charge in [-0.25, -0.2) is 0 Å². The molecule has 0 atom stereocenters. The molecule has 7 nitrogen and oxygen atoms in total. The molecule has 0 fully saturated rings. The standard InChI is InChI=1S/C25H25N3O4/c1-32-22-14-8-5-11-19(22)17-27-24(30)25(31)28-21-13-7-6-12-20(21)23(29)26-16-15-18-9-3-2-4-10-18/h2-14H,15-17H2,1H3,(H,26,29)(H,27,30)(H,28,31). The molecule has 0 spiro atoms. The summed E-state index contributed by atoms with van der Waals surface area (Å²) in [5.41, 5.74) is 2.41. The molecule has 0 saturated heterocycles. The van der Waals surface area contributed by atoms with Crippen LogP contribution in [0, 0.1) is 0 Å². The highest BCUT2D eigenvalue weighted by molar-refractivity contribution is 6.40. The van der Waals surface area contributed by atoms with Crippen LogP contribution in [0.1, 0.15) is 21.5 Å². The highest BCUT2D eigenvalue weighted by atomic mass is 16.5. The quantitative estimate of drug-likeness (QED) is 0.478. The molecule has 3 amide bonds. The number of ether oxygens (including phenoxy) is 1. The number of benzene rings is 3. The van der Waals surface area contributed by atoms with Crippen LogP contribution in [0.5, 0.6) is 5.75 Å². The summed E-state index contributed by atoms with van der Waals surface area (Å²) in [5.74, 6) is -1.38. The Labute approximate surface area is 186 Å². The van der Waals surface area contributed by atoms with E-state index < -0.39 is 11.8 Å². The topological polar surface area (TPSA) is 96.5 Å². The predicted octanol–water partition coefficient (Wildman–Crippen LogP) is 2.92. The number of rotatable bonds is 8. The Morgan fingerprint density at radius 3 is 2.25 bits per heavy atom. The maximum absolute atomic E-state index is 12.6. The molecule has 7 heteroatoms. The van der Waals surface area contributed by atoms with Crippen LogP contribution in [0.25, 0.3) is 0 Å². The number of amides is 3. The van der Waals surface area contributed by atoms with E-state index in [1.165, 1.54) is 7.11 Å². The summed E-state index contributed by atoms with van der Waals surface area (Å²) < 4.78 is 5.24. The van der Waals surface area contributed by atoms with E-state index in [1.54, 1.807) is 36.4 Å². The van der Waals surface area contributed by atoms with Gasteiger partial charge >= 0.3 is 11.8 Å². The van der Waals surface area contributed by atoms with E-state index in [0.717, 1.165) is 11.1 Å². The van der Waals surface area contributed by atoms with Crippen LogP contribution in [0.3, 0.4) is 0 Å². The first-order valence-electron chi connectivity index (χ1n) is 10.2. The van der Waals surface area contributed by atoms with Crippen molar-refractivity contribution in [2.75, 3.05) is 19.0 Å². The van der Waals surface area contributed by atoms with Gasteiger partial charge < -0.3 is 20.7 Å². The maximum atomic E-state index is 12.6.